The third kappa shape index (κ3) is 2.87. The third-order valence-electron chi connectivity index (χ3n) is 2.99. The van der Waals surface area contributed by atoms with Crippen molar-refractivity contribution in [3.05, 3.63) is 48.7 Å². The second-order valence-electron chi connectivity index (χ2n) is 4.44. The molecule has 1 amide bonds. The molecule has 2 aromatic heterocycles. The predicted molar refractivity (Wildman–Crippen MR) is 84.2 cm³/mol. The van der Waals surface area contributed by atoms with Crippen LogP contribution in [0.15, 0.2) is 53.1 Å². The minimum atomic E-state index is -0.0469. The van der Waals surface area contributed by atoms with Crippen LogP contribution in [0.3, 0.4) is 0 Å². The number of thiazole rings is 1. The van der Waals surface area contributed by atoms with Crippen molar-refractivity contribution >= 4 is 22.4 Å². The van der Waals surface area contributed by atoms with Crippen molar-refractivity contribution in [3.8, 4) is 21.9 Å². The predicted octanol–water partition coefficient (Wildman–Crippen LogP) is 4.42. The molecule has 0 saturated heterocycles. The fourth-order valence-electron chi connectivity index (χ4n) is 1.95. The Balaban J connectivity index is 2.06. The Morgan fingerprint density at radius 2 is 2.05 bits per heavy atom. The second kappa shape index (κ2) is 5.93. The fraction of sp³-hybridized carbons (Fsp3) is 0.125. The van der Waals surface area contributed by atoms with Gasteiger partial charge in [-0.25, -0.2) is 4.98 Å². The lowest BCUT2D eigenvalue weighted by Gasteiger charge is -1.99. The summed E-state index contributed by atoms with van der Waals surface area (Å²) in [6.07, 6.45) is 2.06. The molecule has 0 bridgehead atoms. The largest absolute Gasteiger partial charge is 0.463 e. The van der Waals surface area contributed by atoms with Crippen LogP contribution in [0.4, 0.5) is 5.13 Å². The Morgan fingerprint density at radius 3 is 2.71 bits per heavy atom. The maximum absolute atomic E-state index is 11.6. The van der Waals surface area contributed by atoms with Gasteiger partial charge in [0.2, 0.25) is 5.91 Å². The van der Waals surface area contributed by atoms with E-state index in [1.807, 2.05) is 49.4 Å². The lowest BCUT2D eigenvalue weighted by Crippen LogP contribution is -2.08. The van der Waals surface area contributed by atoms with Gasteiger partial charge < -0.3 is 9.73 Å². The van der Waals surface area contributed by atoms with Crippen molar-refractivity contribution in [2.75, 3.05) is 5.32 Å². The van der Waals surface area contributed by atoms with Gasteiger partial charge in [0.05, 0.1) is 16.8 Å². The van der Waals surface area contributed by atoms with Gasteiger partial charge in [-0.15, -0.1) is 0 Å². The lowest BCUT2D eigenvalue weighted by atomic mass is 10.1. The van der Waals surface area contributed by atoms with Crippen molar-refractivity contribution in [2.45, 2.75) is 13.3 Å². The molecular weight excluding hydrogens is 284 g/mol. The molecule has 0 radical (unpaired) electrons. The molecule has 4 nitrogen and oxygen atoms in total. The summed E-state index contributed by atoms with van der Waals surface area (Å²) in [5.41, 5.74) is 1.82. The maximum Gasteiger partial charge on any atom is 0.225 e. The summed E-state index contributed by atoms with van der Waals surface area (Å²) in [6, 6.07) is 13.6. The van der Waals surface area contributed by atoms with E-state index >= 15 is 0 Å². The number of nitrogens with one attached hydrogen (secondary N) is 1. The zero-order valence-corrected chi connectivity index (χ0v) is 12.3. The second-order valence-corrected chi connectivity index (χ2v) is 5.44. The molecule has 0 unspecified atom stereocenters. The number of hydrogen-bond donors (Lipinski definition) is 1. The molecule has 3 aromatic rings. The van der Waals surface area contributed by atoms with Gasteiger partial charge in [-0.3, -0.25) is 4.79 Å². The van der Waals surface area contributed by atoms with Crippen molar-refractivity contribution in [2.24, 2.45) is 0 Å². The van der Waals surface area contributed by atoms with Crippen LogP contribution in [0.5, 0.6) is 0 Å². The highest BCUT2D eigenvalue weighted by Gasteiger charge is 2.17. The molecule has 1 aromatic carbocycles. The van der Waals surface area contributed by atoms with Crippen molar-refractivity contribution < 1.29 is 9.21 Å². The van der Waals surface area contributed by atoms with Gasteiger partial charge in [0, 0.05) is 12.0 Å². The van der Waals surface area contributed by atoms with E-state index in [2.05, 4.69) is 10.3 Å². The zero-order valence-electron chi connectivity index (χ0n) is 11.5. The number of hydrogen-bond acceptors (Lipinski definition) is 4. The molecular formula is C16H14N2O2S. The van der Waals surface area contributed by atoms with Crippen LogP contribution in [-0.2, 0) is 4.79 Å². The summed E-state index contributed by atoms with van der Waals surface area (Å²) in [5.74, 6) is 0.706. The highest BCUT2D eigenvalue weighted by molar-refractivity contribution is 7.19. The van der Waals surface area contributed by atoms with E-state index in [4.69, 9.17) is 4.42 Å². The Morgan fingerprint density at radius 1 is 1.24 bits per heavy atom. The van der Waals surface area contributed by atoms with E-state index in [1.165, 1.54) is 11.3 Å². The van der Waals surface area contributed by atoms with Crippen LogP contribution in [-0.4, -0.2) is 10.9 Å². The quantitative estimate of drug-likeness (QED) is 0.775. The number of anilines is 1. The van der Waals surface area contributed by atoms with Crippen molar-refractivity contribution in [1.82, 2.24) is 4.98 Å². The van der Waals surface area contributed by atoms with Crippen molar-refractivity contribution in [1.29, 1.82) is 0 Å². The van der Waals surface area contributed by atoms with E-state index in [9.17, 15) is 4.79 Å². The van der Waals surface area contributed by atoms with Crippen LogP contribution in [0.2, 0.25) is 0 Å². The first-order valence-corrected chi connectivity index (χ1v) is 7.49. The SMILES string of the molecule is CCC(=O)Nc1nc(-c2ccccc2)c(-c2ccco2)s1. The van der Waals surface area contributed by atoms with E-state index in [0.717, 1.165) is 21.9 Å². The number of carbonyl (C=O) groups is 1. The molecule has 5 heteroatoms. The number of nitrogens with zero attached hydrogens (tertiary/aromatic N) is 1. The molecule has 0 saturated carbocycles. The smallest absolute Gasteiger partial charge is 0.225 e. The molecule has 106 valence electrons. The van der Waals surface area contributed by atoms with Gasteiger partial charge in [-0.2, -0.15) is 0 Å². The van der Waals surface area contributed by atoms with E-state index in [-0.39, 0.29) is 5.91 Å². The Labute approximate surface area is 126 Å². The molecule has 0 aliphatic rings. The molecule has 1 N–H and O–H groups in total. The highest BCUT2D eigenvalue weighted by atomic mass is 32.1. The lowest BCUT2D eigenvalue weighted by molar-refractivity contribution is -0.115. The Hall–Kier alpha value is -2.40. The van der Waals surface area contributed by atoms with Crippen LogP contribution in [0, 0.1) is 0 Å². The number of aromatic nitrogens is 1. The molecule has 0 aliphatic carbocycles. The van der Waals surface area contributed by atoms with Crippen LogP contribution >= 0.6 is 11.3 Å². The Kier molecular flexibility index (Phi) is 3.83. The average molecular weight is 298 g/mol. The molecule has 2 heterocycles. The number of carbonyl (C=O) groups excluding carboxylic acids is 1. The Bertz CT molecular complexity index is 733. The molecule has 0 atom stereocenters. The normalized spacial score (nSPS) is 10.5. The number of amides is 1. The highest BCUT2D eigenvalue weighted by Crippen LogP contribution is 2.39. The summed E-state index contributed by atoms with van der Waals surface area (Å²) < 4.78 is 5.48. The summed E-state index contributed by atoms with van der Waals surface area (Å²) in [5, 5.41) is 3.40. The van der Waals surface area contributed by atoms with Gasteiger partial charge in [0.25, 0.3) is 0 Å². The maximum atomic E-state index is 11.6. The van der Waals surface area contributed by atoms with Crippen LogP contribution in [0.1, 0.15) is 13.3 Å². The first kappa shape index (κ1) is 13.6. The van der Waals surface area contributed by atoms with Gasteiger partial charge in [0.1, 0.15) is 5.76 Å². The van der Waals surface area contributed by atoms with Gasteiger partial charge in [-0.1, -0.05) is 48.6 Å². The first-order chi connectivity index (χ1) is 10.3. The van der Waals surface area contributed by atoms with E-state index < -0.39 is 0 Å². The zero-order chi connectivity index (χ0) is 14.7. The van der Waals surface area contributed by atoms with Crippen LogP contribution < -0.4 is 5.32 Å². The van der Waals surface area contributed by atoms with E-state index in [0.29, 0.717) is 11.6 Å². The minimum Gasteiger partial charge on any atom is -0.463 e. The topological polar surface area (TPSA) is 55.1 Å². The summed E-state index contributed by atoms with van der Waals surface area (Å²) in [4.78, 5) is 17.0. The molecule has 0 spiro atoms. The van der Waals surface area contributed by atoms with Gasteiger partial charge in [-0.05, 0) is 12.1 Å². The van der Waals surface area contributed by atoms with Gasteiger partial charge in [0.15, 0.2) is 5.13 Å². The fourth-order valence-corrected chi connectivity index (χ4v) is 2.92. The molecule has 21 heavy (non-hydrogen) atoms. The minimum absolute atomic E-state index is 0.0469. The summed E-state index contributed by atoms with van der Waals surface area (Å²) >= 11 is 1.42. The molecule has 0 fully saturated rings. The molecule has 3 rings (SSSR count). The average Bonchev–Trinajstić information content (AvgIpc) is 3.16. The standard InChI is InChI=1S/C16H14N2O2S/c1-2-13(19)17-16-18-14(11-7-4-3-5-8-11)15(21-16)12-9-6-10-20-12/h3-10H,2H2,1H3,(H,17,18,19). The number of furan rings is 1. The number of rotatable bonds is 4. The van der Waals surface area contributed by atoms with Gasteiger partial charge >= 0.3 is 0 Å². The van der Waals surface area contributed by atoms with Crippen molar-refractivity contribution in [3.63, 3.8) is 0 Å². The first-order valence-electron chi connectivity index (χ1n) is 6.68. The van der Waals surface area contributed by atoms with E-state index in [1.54, 1.807) is 6.26 Å². The monoisotopic (exact) mass is 298 g/mol. The summed E-state index contributed by atoms with van der Waals surface area (Å²) in [6.45, 7) is 1.81. The third-order valence-corrected chi connectivity index (χ3v) is 3.97. The number of benzene rings is 1. The summed E-state index contributed by atoms with van der Waals surface area (Å²) in [7, 11) is 0. The van der Waals surface area contributed by atoms with Crippen LogP contribution in [0.25, 0.3) is 21.9 Å². The molecule has 0 aliphatic heterocycles.